The minimum Gasteiger partial charge on any atom is -0.275 e. The number of hydrogen-bond acceptors (Lipinski definition) is 2. The summed E-state index contributed by atoms with van der Waals surface area (Å²) in [6.45, 7) is 0. The predicted octanol–water partition coefficient (Wildman–Crippen LogP) is 14.8. The molecule has 1 heterocycles. The van der Waals surface area contributed by atoms with Crippen molar-refractivity contribution in [1.29, 1.82) is 0 Å². The van der Waals surface area contributed by atoms with Gasteiger partial charge in [0, 0.05) is 16.8 Å². The molecule has 0 saturated heterocycles. The van der Waals surface area contributed by atoms with Gasteiger partial charge in [-0.25, -0.2) is 0 Å². The number of rotatable bonds is 6. The highest BCUT2D eigenvalue weighted by Gasteiger charge is 2.22. The van der Waals surface area contributed by atoms with Gasteiger partial charge in [0.05, 0.1) is 0 Å². The number of aromatic nitrogens is 3. The monoisotopic (exact) mass is 749 g/mol. The molecular weight excluding hydrogens is 715 g/mol. The van der Waals surface area contributed by atoms with Crippen molar-refractivity contribution in [2.24, 2.45) is 0 Å². The largest absolute Gasteiger partial charge is 0.275 e. The minimum absolute atomic E-state index is 0.807. The molecule has 0 atom stereocenters. The van der Waals surface area contributed by atoms with Crippen molar-refractivity contribution in [3.8, 4) is 61.8 Å². The Hall–Kier alpha value is -7.88. The summed E-state index contributed by atoms with van der Waals surface area (Å²) in [6, 6.07) is 76.9. The van der Waals surface area contributed by atoms with Gasteiger partial charge < -0.3 is 0 Å². The Balaban J connectivity index is 1.11. The summed E-state index contributed by atoms with van der Waals surface area (Å²) < 4.78 is 2.17. The maximum absolute atomic E-state index is 4.72. The van der Waals surface area contributed by atoms with Crippen LogP contribution < -0.4 is 0 Å². The van der Waals surface area contributed by atoms with Crippen molar-refractivity contribution < 1.29 is 0 Å². The van der Waals surface area contributed by atoms with Crippen molar-refractivity contribution >= 4 is 53.9 Å². The molecule has 0 aliphatic heterocycles. The molecule has 0 aliphatic carbocycles. The first kappa shape index (κ1) is 33.3. The fourth-order valence-corrected chi connectivity index (χ4v) is 9.25. The normalized spacial score (nSPS) is 11.7. The van der Waals surface area contributed by atoms with Crippen LogP contribution in [0.1, 0.15) is 0 Å². The molecule has 12 rings (SSSR count). The molecule has 0 radical (unpaired) electrons. The zero-order valence-electron chi connectivity index (χ0n) is 32.0. The van der Waals surface area contributed by atoms with Crippen LogP contribution in [-0.4, -0.2) is 14.8 Å². The summed E-state index contributed by atoms with van der Waals surface area (Å²) in [4.78, 5) is 0. The molecule has 274 valence electrons. The summed E-state index contributed by atoms with van der Waals surface area (Å²) in [6.07, 6.45) is 0. The van der Waals surface area contributed by atoms with E-state index in [0.29, 0.717) is 0 Å². The smallest absolute Gasteiger partial charge is 0.168 e. The third-order valence-electron chi connectivity index (χ3n) is 12.0. The molecule has 59 heavy (non-hydrogen) atoms. The third-order valence-corrected chi connectivity index (χ3v) is 12.0. The third kappa shape index (κ3) is 5.44. The average molecular weight is 750 g/mol. The Morgan fingerprint density at radius 3 is 1.34 bits per heavy atom. The Morgan fingerprint density at radius 2 is 0.729 bits per heavy atom. The van der Waals surface area contributed by atoms with E-state index >= 15 is 0 Å². The van der Waals surface area contributed by atoms with Crippen molar-refractivity contribution in [3.05, 3.63) is 212 Å². The van der Waals surface area contributed by atoms with Crippen LogP contribution in [0.3, 0.4) is 0 Å². The first-order valence-electron chi connectivity index (χ1n) is 20.2. The Kier molecular flexibility index (Phi) is 7.54. The molecule has 0 aliphatic rings. The van der Waals surface area contributed by atoms with Gasteiger partial charge in [-0.1, -0.05) is 176 Å². The molecule has 3 nitrogen and oxygen atoms in total. The van der Waals surface area contributed by atoms with E-state index in [9.17, 15) is 0 Å². The maximum Gasteiger partial charge on any atom is 0.168 e. The van der Waals surface area contributed by atoms with E-state index in [-0.39, 0.29) is 0 Å². The minimum atomic E-state index is 0.807. The second kappa shape index (κ2) is 13.4. The number of benzene rings is 11. The lowest BCUT2D eigenvalue weighted by atomic mass is 9.81. The standard InChI is InChI=1S/C56H35N3/c1-3-14-40(15-4-1)55-57-58-56(41-16-5-2-6-17-41)59(55)48-30-28-38(29-31-48)47-34-46-27-24-39-20-11-21-49-51(39)53(46)50(35-47)54(45-26-23-37-13-8-10-19-43(37)33-45)52(49)44-25-22-36-12-7-9-18-42(36)32-44/h1-35H. The molecule has 0 unspecified atom stereocenters. The zero-order chi connectivity index (χ0) is 38.9. The van der Waals surface area contributed by atoms with Crippen LogP contribution in [0, 0.1) is 0 Å². The van der Waals surface area contributed by atoms with Gasteiger partial charge in [-0.2, -0.15) is 0 Å². The van der Waals surface area contributed by atoms with Crippen LogP contribution in [0.25, 0.3) is 116 Å². The second-order valence-electron chi connectivity index (χ2n) is 15.4. The van der Waals surface area contributed by atoms with E-state index in [0.717, 1.165) is 34.0 Å². The van der Waals surface area contributed by atoms with Gasteiger partial charge in [-0.3, -0.25) is 4.57 Å². The maximum atomic E-state index is 4.72. The van der Waals surface area contributed by atoms with E-state index in [4.69, 9.17) is 10.2 Å². The SMILES string of the molecule is c1ccc(-c2nnc(-c3ccccc3)n2-c2ccc(-c3cc4ccc5cccc6c(-c7ccc8ccccc8c7)c(-c7ccc8ccccc8c7)c(c3)c4c56)cc2)cc1. The van der Waals surface area contributed by atoms with E-state index in [1.165, 1.54) is 81.7 Å². The van der Waals surface area contributed by atoms with Crippen LogP contribution in [0.4, 0.5) is 0 Å². The highest BCUT2D eigenvalue weighted by molar-refractivity contribution is 6.31. The summed E-state index contributed by atoms with van der Waals surface area (Å²) in [5, 5.41) is 22.0. The second-order valence-corrected chi connectivity index (χ2v) is 15.4. The van der Waals surface area contributed by atoms with Crippen molar-refractivity contribution in [1.82, 2.24) is 14.8 Å². The summed E-state index contributed by atoms with van der Waals surface area (Å²) in [7, 11) is 0. The Morgan fingerprint density at radius 1 is 0.271 bits per heavy atom. The van der Waals surface area contributed by atoms with E-state index in [2.05, 4.69) is 180 Å². The van der Waals surface area contributed by atoms with E-state index < -0.39 is 0 Å². The molecule has 0 spiro atoms. The van der Waals surface area contributed by atoms with Crippen molar-refractivity contribution in [3.63, 3.8) is 0 Å². The fourth-order valence-electron chi connectivity index (χ4n) is 9.25. The van der Waals surface area contributed by atoms with Gasteiger partial charge in [0.2, 0.25) is 0 Å². The molecule has 0 fully saturated rings. The lowest BCUT2D eigenvalue weighted by molar-refractivity contribution is 1.07. The van der Waals surface area contributed by atoms with Gasteiger partial charge in [0.15, 0.2) is 11.6 Å². The molecule has 0 N–H and O–H groups in total. The first-order valence-corrected chi connectivity index (χ1v) is 20.2. The van der Waals surface area contributed by atoms with Crippen LogP contribution in [-0.2, 0) is 0 Å². The fraction of sp³-hybridized carbons (Fsp3) is 0. The lowest BCUT2D eigenvalue weighted by Crippen LogP contribution is -2.00. The number of nitrogens with zero attached hydrogens (tertiary/aromatic N) is 3. The van der Waals surface area contributed by atoms with Crippen molar-refractivity contribution in [2.45, 2.75) is 0 Å². The van der Waals surface area contributed by atoms with Crippen LogP contribution in [0.5, 0.6) is 0 Å². The summed E-state index contributed by atoms with van der Waals surface area (Å²) in [5.41, 5.74) is 10.3. The molecule has 0 bridgehead atoms. The molecular formula is C56H35N3. The quantitative estimate of drug-likeness (QED) is 0.159. The molecule has 12 aromatic rings. The lowest BCUT2D eigenvalue weighted by Gasteiger charge is -2.22. The van der Waals surface area contributed by atoms with Crippen LogP contribution in [0.15, 0.2) is 212 Å². The summed E-state index contributed by atoms with van der Waals surface area (Å²) >= 11 is 0. The van der Waals surface area contributed by atoms with E-state index in [1.54, 1.807) is 0 Å². The average Bonchev–Trinajstić information content (AvgIpc) is 3.76. The van der Waals surface area contributed by atoms with Gasteiger partial charge in [-0.15, -0.1) is 10.2 Å². The number of fused-ring (bicyclic) bond motifs is 2. The number of hydrogen-bond donors (Lipinski definition) is 0. The highest BCUT2D eigenvalue weighted by Crippen LogP contribution is 2.49. The van der Waals surface area contributed by atoms with Crippen molar-refractivity contribution in [2.75, 3.05) is 0 Å². The Labute approximate surface area is 341 Å². The van der Waals surface area contributed by atoms with E-state index in [1.807, 2.05) is 36.4 Å². The van der Waals surface area contributed by atoms with Gasteiger partial charge >= 0.3 is 0 Å². The molecule has 1 aromatic heterocycles. The molecule has 0 saturated carbocycles. The molecule has 11 aromatic carbocycles. The summed E-state index contributed by atoms with van der Waals surface area (Å²) in [5.74, 6) is 1.61. The predicted molar refractivity (Wildman–Crippen MR) is 247 cm³/mol. The van der Waals surface area contributed by atoms with Gasteiger partial charge in [0.25, 0.3) is 0 Å². The molecule has 3 heteroatoms. The van der Waals surface area contributed by atoms with Crippen LogP contribution >= 0.6 is 0 Å². The highest BCUT2D eigenvalue weighted by atomic mass is 15.3. The molecule has 0 amide bonds. The van der Waals surface area contributed by atoms with Gasteiger partial charge in [-0.05, 0) is 124 Å². The van der Waals surface area contributed by atoms with Crippen LogP contribution in [0.2, 0.25) is 0 Å². The Bertz CT molecular complexity index is 3470. The topological polar surface area (TPSA) is 30.7 Å². The first-order chi connectivity index (χ1) is 29.2. The van der Waals surface area contributed by atoms with Gasteiger partial charge in [0.1, 0.15) is 0 Å². The zero-order valence-corrected chi connectivity index (χ0v) is 32.0.